The van der Waals surface area contributed by atoms with E-state index in [1.807, 2.05) is 6.07 Å². The summed E-state index contributed by atoms with van der Waals surface area (Å²) >= 11 is 1.61. The third kappa shape index (κ3) is 4.56. The first-order chi connectivity index (χ1) is 17.9. The van der Waals surface area contributed by atoms with E-state index in [1.165, 1.54) is 4.88 Å². The monoisotopic (exact) mass is 514 g/mol. The van der Waals surface area contributed by atoms with Crippen LogP contribution in [-0.4, -0.2) is 40.5 Å². The predicted molar refractivity (Wildman–Crippen MR) is 137 cm³/mol. The Bertz CT molecular complexity index is 1410. The Morgan fingerprint density at radius 1 is 1.24 bits per heavy atom. The molecule has 4 N–H and O–H groups in total. The van der Waals surface area contributed by atoms with Crippen molar-refractivity contribution in [3.8, 4) is 22.5 Å². The molecule has 0 radical (unpaired) electrons. The third-order valence-corrected chi connectivity index (χ3v) is 8.65. The van der Waals surface area contributed by atoms with Crippen LogP contribution in [0.1, 0.15) is 62.5 Å². The summed E-state index contributed by atoms with van der Waals surface area (Å²) in [6, 6.07) is 10.8. The Balaban J connectivity index is 1.07. The lowest BCUT2D eigenvalue weighted by atomic mass is 9.53. The molecule has 0 unspecified atom stereocenters. The highest BCUT2D eigenvalue weighted by Crippen LogP contribution is 2.56. The van der Waals surface area contributed by atoms with Crippen LogP contribution in [-0.2, 0) is 13.0 Å². The Morgan fingerprint density at radius 2 is 2.08 bits per heavy atom. The highest BCUT2D eigenvalue weighted by Gasteiger charge is 2.54. The van der Waals surface area contributed by atoms with Gasteiger partial charge in [0.05, 0.1) is 17.3 Å². The van der Waals surface area contributed by atoms with E-state index in [-0.39, 0.29) is 34.9 Å². The minimum absolute atomic E-state index is 0.0150. The van der Waals surface area contributed by atoms with E-state index in [4.69, 9.17) is 15.5 Å². The highest BCUT2D eigenvalue weighted by atomic mass is 32.1. The van der Waals surface area contributed by atoms with Gasteiger partial charge in [-0.25, -0.2) is 9.97 Å². The molecular weight excluding hydrogens is 488 g/mol. The Kier molecular flexibility index (Phi) is 5.89. The van der Waals surface area contributed by atoms with Crippen LogP contribution >= 0.6 is 11.3 Å². The SMILES string of the molecule is N#Cc1cc(C(=O)NC2CC3(C2)CC(Oc2ncccc2C(N)=O)C3)cc(-c2nc3c(s2)CNCC3)c1. The maximum absolute atomic E-state index is 13.1. The number of hydrogen-bond acceptors (Lipinski definition) is 8. The van der Waals surface area contributed by atoms with Gasteiger partial charge in [0.1, 0.15) is 16.7 Å². The Morgan fingerprint density at radius 3 is 2.84 bits per heavy atom. The molecule has 0 atom stereocenters. The van der Waals surface area contributed by atoms with Crippen molar-refractivity contribution in [3.63, 3.8) is 0 Å². The second kappa shape index (κ2) is 9.25. The molecule has 0 saturated heterocycles. The van der Waals surface area contributed by atoms with E-state index >= 15 is 0 Å². The molecule has 1 aromatic carbocycles. The van der Waals surface area contributed by atoms with Crippen molar-refractivity contribution < 1.29 is 14.3 Å². The molecule has 2 aliphatic carbocycles. The molecule has 0 bridgehead atoms. The molecule has 3 heterocycles. The van der Waals surface area contributed by atoms with E-state index in [1.54, 1.807) is 41.8 Å². The lowest BCUT2D eigenvalue weighted by Gasteiger charge is -2.57. The fraction of sp³-hybridized carbons (Fsp3) is 0.370. The Hall–Kier alpha value is -3.81. The molecule has 3 aliphatic rings. The average Bonchev–Trinajstić information content (AvgIpc) is 3.30. The largest absolute Gasteiger partial charge is 0.474 e. The fourth-order valence-corrected chi connectivity index (χ4v) is 6.77. The molecule has 1 spiro atoms. The molecule has 1 aliphatic heterocycles. The number of amides is 2. The van der Waals surface area contributed by atoms with Crippen molar-refractivity contribution >= 4 is 23.2 Å². The number of pyridine rings is 1. The number of nitrogens with two attached hydrogens (primary N) is 1. The summed E-state index contributed by atoms with van der Waals surface area (Å²) in [5, 5.41) is 16.9. The van der Waals surface area contributed by atoms with Crippen LogP contribution in [0.15, 0.2) is 36.5 Å². The zero-order chi connectivity index (χ0) is 25.6. The van der Waals surface area contributed by atoms with Crippen LogP contribution in [0.5, 0.6) is 5.88 Å². The minimum Gasteiger partial charge on any atom is -0.474 e. The number of ether oxygens (including phenoxy) is 1. The number of nitrogens with one attached hydrogen (secondary N) is 2. The van der Waals surface area contributed by atoms with Crippen molar-refractivity contribution in [1.82, 2.24) is 20.6 Å². The van der Waals surface area contributed by atoms with Crippen molar-refractivity contribution in [2.75, 3.05) is 6.54 Å². The van der Waals surface area contributed by atoms with Gasteiger partial charge in [0.25, 0.3) is 11.8 Å². The molecule has 2 amide bonds. The number of nitriles is 1. The molecule has 6 rings (SSSR count). The maximum atomic E-state index is 13.1. The van der Waals surface area contributed by atoms with Gasteiger partial charge < -0.3 is 21.1 Å². The lowest BCUT2D eigenvalue weighted by molar-refractivity contribution is -0.0848. The molecule has 188 valence electrons. The summed E-state index contributed by atoms with van der Waals surface area (Å²) in [6.45, 7) is 1.72. The number of benzene rings is 1. The van der Waals surface area contributed by atoms with Gasteiger partial charge in [-0.05, 0) is 61.4 Å². The number of aromatic nitrogens is 2. The normalized spacial score (nSPS) is 23.8. The van der Waals surface area contributed by atoms with Crippen LogP contribution < -0.4 is 21.1 Å². The zero-order valence-corrected chi connectivity index (χ0v) is 20.9. The van der Waals surface area contributed by atoms with Gasteiger partial charge in [-0.15, -0.1) is 11.3 Å². The summed E-state index contributed by atoms with van der Waals surface area (Å²) in [5.41, 5.74) is 8.68. The summed E-state index contributed by atoms with van der Waals surface area (Å²) < 4.78 is 5.93. The molecule has 37 heavy (non-hydrogen) atoms. The van der Waals surface area contributed by atoms with E-state index in [0.717, 1.165) is 61.5 Å². The van der Waals surface area contributed by atoms with Gasteiger partial charge in [-0.2, -0.15) is 5.26 Å². The van der Waals surface area contributed by atoms with E-state index < -0.39 is 5.91 Å². The first-order valence-corrected chi connectivity index (χ1v) is 13.2. The molecule has 3 aromatic rings. The molecular formula is C27H26N6O3S. The quantitative estimate of drug-likeness (QED) is 0.459. The van der Waals surface area contributed by atoms with E-state index in [9.17, 15) is 14.9 Å². The first kappa shape index (κ1) is 23.6. The van der Waals surface area contributed by atoms with Gasteiger partial charge in [0.2, 0.25) is 5.88 Å². The van der Waals surface area contributed by atoms with Gasteiger partial charge in [-0.3, -0.25) is 9.59 Å². The topological polar surface area (TPSA) is 143 Å². The first-order valence-electron chi connectivity index (χ1n) is 12.4. The van der Waals surface area contributed by atoms with Crippen molar-refractivity contribution in [1.29, 1.82) is 5.26 Å². The maximum Gasteiger partial charge on any atom is 0.254 e. The van der Waals surface area contributed by atoms with Crippen LogP contribution in [0.25, 0.3) is 10.6 Å². The molecule has 9 nitrogen and oxygen atoms in total. The number of primary amides is 1. The zero-order valence-electron chi connectivity index (χ0n) is 20.1. The standard InChI is InChI=1S/C27H26N6O3S/c28-13-15-6-16(8-17(7-15)26-33-21-3-5-30-14-22(21)37-26)24(35)32-18-9-27(10-18)11-19(12-27)36-25-20(23(29)34)2-1-4-31-25/h1-2,4,6-8,18-19,30H,3,5,9-12,14H2,(H2,29,34)(H,32,35). The lowest BCUT2D eigenvalue weighted by Crippen LogP contribution is -2.58. The fourth-order valence-electron chi connectivity index (χ4n) is 5.71. The van der Waals surface area contributed by atoms with E-state index in [2.05, 4.69) is 21.7 Å². The number of hydrogen-bond donors (Lipinski definition) is 3. The predicted octanol–water partition coefficient (Wildman–Crippen LogP) is 2.94. The van der Waals surface area contributed by atoms with Crippen LogP contribution in [0.4, 0.5) is 0 Å². The average molecular weight is 515 g/mol. The number of carbonyl (C=O) groups is 2. The van der Waals surface area contributed by atoms with Crippen molar-refractivity contribution in [3.05, 3.63) is 63.8 Å². The van der Waals surface area contributed by atoms with Gasteiger partial charge >= 0.3 is 0 Å². The number of thiazole rings is 1. The summed E-state index contributed by atoms with van der Waals surface area (Å²) in [4.78, 5) is 34.8. The van der Waals surface area contributed by atoms with E-state index in [0.29, 0.717) is 11.1 Å². The van der Waals surface area contributed by atoms with Gasteiger partial charge in [-0.1, -0.05) is 0 Å². The molecule has 2 fully saturated rings. The second-order valence-electron chi connectivity index (χ2n) is 10.2. The van der Waals surface area contributed by atoms with Crippen molar-refractivity contribution in [2.24, 2.45) is 11.1 Å². The second-order valence-corrected chi connectivity index (χ2v) is 11.3. The molecule has 2 aromatic heterocycles. The molecule has 2 saturated carbocycles. The van der Waals surface area contributed by atoms with Crippen molar-refractivity contribution in [2.45, 2.75) is 50.8 Å². The summed E-state index contributed by atoms with van der Waals surface area (Å²) in [5.74, 6) is -0.448. The van der Waals surface area contributed by atoms with Crippen LogP contribution in [0.2, 0.25) is 0 Å². The Labute approximate surface area is 218 Å². The summed E-state index contributed by atoms with van der Waals surface area (Å²) in [6.07, 6.45) is 5.91. The van der Waals surface area contributed by atoms with Crippen LogP contribution in [0, 0.1) is 16.7 Å². The van der Waals surface area contributed by atoms with Crippen LogP contribution in [0.3, 0.4) is 0 Å². The smallest absolute Gasteiger partial charge is 0.254 e. The highest BCUT2D eigenvalue weighted by molar-refractivity contribution is 7.15. The molecule has 10 heteroatoms. The minimum atomic E-state index is -0.557. The van der Waals surface area contributed by atoms with Gasteiger partial charge in [0.15, 0.2) is 0 Å². The summed E-state index contributed by atoms with van der Waals surface area (Å²) in [7, 11) is 0. The number of rotatable bonds is 6. The third-order valence-electron chi connectivity index (χ3n) is 7.50. The number of nitrogens with zero attached hydrogens (tertiary/aromatic N) is 3. The van der Waals surface area contributed by atoms with Gasteiger partial charge in [0, 0.05) is 47.8 Å². The number of fused-ring (bicyclic) bond motifs is 1. The number of carbonyl (C=O) groups excluding carboxylic acids is 2.